The summed E-state index contributed by atoms with van der Waals surface area (Å²) in [5.74, 6) is -0.916. The maximum Gasteiger partial charge on any atom is 0.247 e. The molecule has 126 valence electrons. The number of ketones is 1. The highest BCUT2D eigenvalue weighted by molar-refractivity contribution is 6.31. The van der Waals surface area contributed by atoms with E-state index in [1.807, 2.05) is 12.1 Å². The van der Waals surface area contributed by atoms with Crippen LogP contribution in [0.15, 0.2) is 71.7 Å². The molecule has 0 aliphatic heterocycles. The molecule has 0 aliphatic rings. The maximum absolute atomic E-state index is 13.7. The Bertz CT molecular complexity index is 947. The van der Waals surface area contributed by atoms with Gasteiger partial charge in [0.05, 0.1) is 0 Å². The number of H-pyrrole nitrogens is 1. The SMILES string of the molecule is O=C(CC(c1cccc(F)c1)c1ccccc1Cl)c1ccc(=O)[nH]c1. The predicted octanol–water partition coefficient (Wildman–Crippen LogP) is 4.57. The summed E-state index contributed by atoms with van der Waals surface area (Å²) in [5.41, 5.74) is 1.55. The molecule has 1 heterocycles. The second-order valence-corrected chi connectivity index (χ2v) is 6.11. The Morgan fingerprint density at radius 1 is 1.08 bits per heavy atom. The van der Waals surface area contributed by atoms with E-state index in [2.05, 4.69) is 4.98 Å². The van der Waals surface area contributed by atoms with Crippen LogP contribution in [0, 0.1) is 5.82 Å². The number of pyridine rings is 1. The van der Waals surface area contributed by atoms with E-state index in [-0.39, 0.29) is 29.5 Å². The molecule has 1 unspecified atom stereocenters. The van der Waals surface area contributed by atoms with Crippen molar-refractivity contribution in [3.8, 4) is 0 Å². The number of hydrogen-bond acceptors (Lipinski definition) is 2. The number of nitrogens with one attached hydrogen (secondary N) is 1. The molecule has 0 radical (unpaired) electrons. The third-order valence-electron chi connectivity index (χ3n) is 4.03. The molecule has 2 aromatic carbocycles. The van der Waals surface area contributed by atoms with Gasteiger partial charge in [-0.3, -0.25) is 9.59 Å². The van der Waals surface area contributed by atoms with E-state index in [4.69, 9.17) is 11.6 Å². The first-order chi connectivity index (χ1) is 12.0. The molecule has 0 saturated heterocycles. The average Bonchev–Trinajstić information content (AvgIpc) is 2.61. The highest BCUT2D eigenvalue weighted by Gasteiger charge is 2.21. The lowest BCUT2D eigenvalue weighted by Crippen LogP contribution is -2.12. The van der Waals surface area contributed by atoms with Crippen molar-refractivity contribution in [1.29, 1.82) is 0 Å². The van der Waals surface area contributed by atoms with Crippen LogP contribution >= 0.6 is 11.6 Å². The number of carbonyl (C=O) groups is 1. The van der Waals surface area contributed by atoms with Crippen LogP contribution in [0.5, 0.6) is 0 Å². The smallest absolute Gasteiger partial charge is 0.247 e. The zero-order chi connectivity index (χ0) is 17.8. The van der Waals surface area contributed by atoms with Crippen LogP contribution in [0.4, 0.5) is 4.39 Å². The molecule has 3 nitrogen and oxygen atoms in total. The van der Waals surface area contributed by atoms with E-state index in [0.717, 1.165) is 5.56 Å². The van der Waals surface area contributed by atoms with Crippen molar-refractivity contribution in [3.05, 3.63) is 105 Å². The summed E-state index contributed by atoms with van der Waals surface area (Å²) in [6, 6.07) is 16.2. The Hall–Kier alpha value is -2.72. The summed E-state index contributed by atoms with van der Waals surface area (Å²) in [5, 5.41) is 0.519. The molecule has 0 fully saturated rings. The van der Waals surface area contributed by atoms with Crippen LogP contribution in [0.3, 0.4) is 0 Å². The molecular weight excluding hydrogens is 341 g/mol. The fourth-order valence-corrected chi connectivity index (χ4v) is 3.04. The quantitative estimate of drug-likeness (QED) is 0.681. The van der Waals surface area contributed by atoms with Crippen molar-refractivity contribution in [2.75, 3.05) is 0 Å². The molecule has 3 aromatic rings. The van der Waals surface area contributed by atoms with Crippen LogP contribution in [0.25, 0.3) is 0 Å². The summed E-state index contributed by atoms with van der Waals surface area (Å²) >= 11 is 6.31. The Kier molecular flexibility index (Phi) is 5.10. The van der Waals surface area contributed by atoms with Gasteiger partial charge in [0.25, 0.3) is 0 Å². The molecule has 1 N–H and O–H groups in total. The standard InChI is InChI=1S/C20H15ClFNO2/c21-18-7-2-1-6-16(18)17(13-4-3-5-15(22)10-13)11-19(24)14-8-9-20(25)23-12-14/h1-10,12,17H,11H2,(H,23,25). The first-order valence-corrected chi connectivity index (χ1v) is 8.14. The molecule has 0 spiro atoms. The van der Waals surface area contributed by atoms with E-state index in [1.54, 1.807) is 24.3 Å². The highest BCUT2D eigenvalue weighted by atomic mass is 35.5. The summed E-state index contributed by atoms with van der Waals surface area (Å²) in [6.07, 6.45) is 1.50. The van der Waals surface area contributed by atoms with Crippen LogP contribution in [-0.2, 0) is 0 Å². The van der Waals surface area contributed by atoms with Gasteiger partial charge in [0.1, 0.15) is 5.82 Å². The number of Topliss-reactive ketones (excluding diaryl/α,β-unsaturated/α-hetero) is 1. The van der Waals surface area contributed by atoms with Crippen LogP contribution in [-0.4, -0.2) is 10.8 Å². The third-order valence-corrected chi connectivity index (χ3v) is 4.37. The van der Waals surface area contributed by atoms with Gasteiger partial charge in [-0.15, -0.1) is 0 Å². The van der Waals surface area contributed by atoms with Gasteiger partial charge in [0.2, 0.25) is 5.56 Å². The molecule has 5 heteroatoms. The number of benzene rings is 2. The van der Waals surface area contributed by atoms with Gasteiger partial charge in [0, 0.05) is 35.2 Å². The molecule has 0 bridgehead atoms. The van der Waals surface area contributed by atoms with Gasteiger partial charge in [-0.25, -0.2) is 4.39 Å². The highest BCUT2D eigenvalue weighted by Crippen LogP contribution is 2.34. The minimum absolute atomic E-state index is 0.110. The zero-order valence-electron chi connectivity index (χ0n) is 13.2. The third kappa shape index (κ3) is 4.03. The van der Waals surface area contributed by atoms with Crippen molar-refractivity contribution in [2.45, 2.75) is 12.3 Å². The number of hydrogen-bond donors (Lipinski definition) is 1. The van der Waals surface area contributed by atoms with Gasteiger partial charge in [0.15, 0.2) is 5.78 Å². The normalized spacial score (nSPS) is 11.9. The first kappa shape index (κ1) is 17.1. The Morgan fingerprint density at radius 2 is 1.88 bits per heavy atom. The van der Waals surface area contributed by atoms with Crippen LogP contribution < -0.4 is 5.56 Å². The van der Waals surface area contributed by atoms with Crippen molar-refractivity contribution >= 4 is 17.4 Å². The van der Waals surface area contributed by atoms with E-state index in [9.17, 15) is 14.0 Å². The van der Waals surface area contributed by atoms with E-state index < -0.39 is 0 Å². The molecule has 1 aromatic heterocycles. The Labute approximate surface area is 149 Å². The maximum atomic E-state index is 13.7. The average molecular weight is 356 g/mol. The number of aromatic nitrogens is 1. The monoisotopic (exact) mass is 355 g/mol. The van der Waals surface area contributed by atoms with Crippen LogP contribution in [0.1, 0.15) is 33.8 Å². The van der Waals surface area contributed by atoms with Crippen molar-refractivity contribution < 1.29 is 9.18 Å². The lowest BCUT2D eigenvalue weighted by atomic mass is 9.86. The van der Waals surface area contributed by atoms with Crippen molar-refractivity contribution in [1.82, 2.24) is 4.98 Å². The summed E-state index contributed by atoms with van der Waals surface area (Å²) < 4.78 is 13.7. The topological polar surface area (TPSA) is 49.9 Å². The molecule has 1 atom stereocenters. The fourth-order valence-electron chi connectivity index (χ4n) is 2.78. The molecule has 25 heavy (non-hydrogen) atoms. The summed E-state index contributed by atoms with van der Waals surface area (Å²) in [4.78, 5) is 26.3. The van der Waals surface area contributed by atoms with Gasteiger partial charge in [-0.2, -0.15) is 0 Å². The van der Waals surface area contributed by atoms with Crippen molar-refractivity contribution in [2.24, 2.45) is 0 Å². The summed E-state index contributed by atoms with van der Waals surface area (Å²) in [7, 11) is 0. The Morgan fingerprint density at radius 3 is 2.56 bits per heavy atom. The number of carbonyl (C=O) groups excluding carboxylic acids is 1. The largest absolute Gasteiger partial charge is 0.328 e. The minimum atomic E-state index is -0.385. The molecule has 3 rings (SSSR count). The molecule has 0 aliphatic carbocycles. The second kappa shape index (κ2) is 7.45. The molecule has 0 saturated carbocycles. The predicted molar refractivity (Wildman–Crippen MR) is 95.7 cm³/mol. The van der Waals surface area contributed by atoms with Gasteiger partial charge >= 0.3 is 0 Å². The second-order valence-electron chi connectivity index (χ2n) is 5.70. The zero-order valence-corrected chi connectivity index (χ0v) is 14.0. The molecule has 0 amide bonds. The number of halogens is 2. The number of aromatic amines is 1. The van der Waals surface area contributed by atoms with Crippen LogP contribution in [0.2, 0.25) is 5.02 Å². The number of rotatable bonds is 5. The lowest BCUT2D eigenvalue weighted by molar-refractivity contribution is 0.0977. The van der Waals surface area contributed by atoms with Gasteiger partial charge in [-0.05, 0) is 35.4 Å². The lowest BCUT2D eigenvalue weighted by Gasteiger charge is -2.19. The van der Waals surface area contributed by atoms with Gasteiger partial charge < -0.3 is 4.98 Å². The van der Waals surface area contributed by atoms with E-state index in [1.165, 1.54) is 30.5 Å². The minimum Gasteiger partial charge on any atom is -0.328 e. The fraction of sp³-hybridized carbons (Fsp3) is 0.100. The summed E-state index contributed by atoms with van der Waals surface area (Å²) in [6.45, 7) is 0. The first-order valence-electron chi connectivity index (χ1n) is 7.76. The van der Waals surface area contributed by atoms with Gasteiger partial charge in [-0.1, -0.05) is 41.9 Å². The Balaban J connectivity index is 1.99. The van der Waals surface area contributed by atoms with Crippen molar-refractivity contribution in [3.63, 3.8) is 0 Å². The molecular formula is C20H15ClFNO2. The van der Waals surface area contributed by atoms with E-state index >= 15 is 0 Å². The van der Waals surface area contributed by atoms with E-state index in [0.29, 0.717) is 16.1 Å².